The molecule has 0 aromatic heterocycles. The Morgan fingerprint density at radius 3 is 2.53 bits per heavy atom. The van der Waals surface area contributed by atoms with Crippen molar-refractivity contribution in [3.63, 3.8) is 0 Å². The molecule has 2 unspecified atom stereocenters. The Hall–Kier alpha value is -0.770. The van der Waals surface area contributed by atoms with Crippen LogP contribution in [0.2, 0.25) is 0 Å². The first-order valence-corrected chi connectivity index (χ1v) is 7.99. The predicted octanol–water partition coefficient (Wildman–Crippen LogP) is 2.30. The minimum absolute atomic E-state index is 0.278. The largest absolute Gasteiger partial charge is 0.325 e. The number of likely N-dealkylation sites (tertiary alicyclic amines) is 2. The van der Waals surface area contributed by atoms with Gasteiger partial charge in [-0.15, -0.1) is 0 Å². The summed E-state index contributed by atoms with van der Waals surface area (Å²) in [4.78, 5) is 16.6. The van der Waals surface area contributed by atoms with Crippen LogP contribution >= 0.6 is 0 Å². The molecule has 0 radical (unpaired) electrons. The topological polar surface area (TPSA) is 35.6 Å². The fourth-order valence-electron chi connectivity index (χ4n) is 3.24. The van der Waals surface area contributed by atoms with E-state index in [1.807, 2.05) is 0 Å². The van der Waals surface area contributed by atoms with Gasteiger partial charge in [0.25, 0.3) is 0 Å². The smallest absolute Gasteiger partial charge is 0.320 e. The molecular weight excluding hydrogens is 238 g/mol. The minimum Gasteiger partial charge on any atom is -0.325 e. The van der Waals surface area contributed by atoms with Gasteiger partial charge in [0, 0.05) is 32.2 Å². The van der Waals surface area contributed by atoms with E-state index in [2.05, 4.69) is 29.0 Å². The van der Waals surface area contributed by atoms with Crippen molar-refractivity contribution in [2.75, 3.05) is 32.7 Å². The van der Waals surface area contributed by atoms with Crippen molar-refractivity contribution < 1.29 is 4.79 Å². The number of amides is 2. The monoisotopic (exact) mass is 267 g/mol. The molecule has 2 amide bonds. The molecule has 0 saturated carbocycles. The molecule has 0 aromatic carbocycles. The van der Waals surface area contributed by atoms with Gasteiger partial charge in [-0.1, -0.05) is 13.8 Å². The lowest BCUT2D eigenvalue weighted by molar-refractivity contribution is 0.112. The second-order valence-corrected chi connectivity index (χ2v) is 6.10. The summed E-state index contributed by atoms with van der Waals surface area (Å²) in [6.45, 7) is 9.31. The van der Waals surface area contributed by atoms with Gasteiger partial charge in [-0.2, -0.15) is 0 Å². The standard InChI is InChI=1S/C15H29N3O/c1-3-8-16-14-7-11-18(12-13(14)2)15(19)17-9-5-4-6-10-17/h13-14,16H,3-12H2,1-2H3. The molecule has 110 valence electrons. The molecular formula is C15H29N3O. The van der Waals surface area contributed by atoms with Crippen LogP contribution in [0, 0.1) is 5.92 Å². The van der Waals surface area contributed by atoms with Gasteiger partial charge in [-0.3, -0.25) is 0 Å². The third-order valence-corrected chi connectivity index (χ3v) is 4.46. The van der Waals surface area contributed by atoms with E-state index in [0.29, 0.717) is 12.0 Å². The van der Waals surface area contributed by atoms with Crippen LogP contribution in [0.3, 0.4) is 0 Å². The molecule has 2 aliphatic rings. The van der Waals surface area contributed by atoms with E-state index in [-0.39, 0.29) is 6.03 Å². The van der Waals surface area contributed by atoms with Crippen LogP contribution in [0.25, 0.3) is 0 Å². The maximum Gasteiger partial charge on any atom is 0.320 e. The van der Waals surface area contributed by atoms with Gasteiger partial charge in [0.15, 0.2) is 0 Å². The summed E-state index contributed by atoms with van der Waals surface area (Å²) in [6.07, 6.45) is 5.91. The number of carbonyl (C=O) groups excluding carboxylic acids is 1. The molecule has 4 heteroatoms. The van der Waals surface area contributed by atoms with Gasteiger partial charge in [-0.05, 0) is 44.6 Å². The fourth-order valence-corrected chi connectivity index (χ4v) is 3.24. The first-order chi connectivity index (χ1) is 9.22. The van der Waals surface area contributed by atoms with Gasteiger partial charge < -0.3 is 15.1 Å². The van der Waals surface area contributed by atoms with Crippen LogP contribution in [0.15, 0.2) is 0 Å². The molecule has 4 nitrogen and oxygen atoms in total. The number of rotatable bonds is 3. The Kier molecular flexibility index (Phi) is 5.49. The molecule has 2 atom stereocenters. The highest BCUT2D eigenvalue weighted by Crippen LogP contribution is 2.19. The third-order valence-electron chi connectivity index (χ3n) is 4.46. The van der Waals surface area contributed by atoms with Crippen LogP contribution in [0.1, 0.15) is 46.0 Å². The summed E-state index contributed by atoms with van der Waals surface area (Å²) in [5, 5.41) is 3.61. The zero-order valence-corrected chi connectivity index (χ0v) is 12.5. The summed E-state index contributed by atoms with van der Waals surface area (Å²) >= 11 is 0. The van der Waals surface area contributed by atoms with E-state index < -0.39 is 0 Å². The Labute approximate surface area is 117 Å². The van der Waals surface area contributed by atoms with Crippen LogP contribution < -0.4 is 5.32 Å². The SMILES string of the molecule is CCCNC1CCN(C(=O)N2CCCCC2)CC1C. The van der Waals surface area contributed by atoms with E-state index in [0.717, 1.165) is 39.1 Å². The van der Waals surface area contributed by atoms with Crippen molar-refractivity contribution in [2.24, 2.45) is 5.92 Å². The molecule has 2 rings (SSSR count). The van der Waals surface area contributed by atoms with Crippen molar-refractivity contribution in [2.45, 2.75) is 52.0 Å². The normalized spacial score (nSPS) is 28.5. The lowest BCUT2D eigenvalue weighted by Gasteiger charge is -2.40. The van der Waals surface area contributed by atoms with E-state index in [1.165, 1.54) is 25.7 Å². The molecule has 1 N–H and O–H groups in total. The lowest BCUT2D eigenvalue weighted by Crippen LogP contribution is -2.54. The summed E-state index contributed by atoms with van der Waals surface area (Å²) in [6, 6.07) is 0.867. The van der Waals surface area contributed by atoms with E-state index in [9.17, 15) is 4.79 Å². The average Bonchev–Trinajstić information content (AvgIpc) is 2.46. The van der Waals surface area contributed by atoms with Crippen LogP contribution in [-0.4, -0.2) is 54.6 Å². The average molecular weight is 267 g/mol. The molecule has 19 heavy (non-hydrogen) atoms. The molecule has 0 aromatic rings. The number of nitrogens with one attached hydrogen (secondary N) is 1. The second-order valence-electron chi connectivity index (χ2n) is 6.10. The molecule has 2 fully saturated rings. The van der Waals surface area contributed by atoms with Crippen molar-refractivity contribution >= 4 is 6.03 Å². The molecule has 2 heterocycles. The van der Waals surface area contributed by atoms with Crippen molar-refractivity contribution in [3.8, 4) is 0 Å². The number of hydrogen-bond donors (Lipinski definition) is 1. The second kappa shape index (κ2) is 7.13. The number of carbonyl (C=O) groups is 1. The number of hydrogen-bond acceptors (Lipinski definition) is 2. The highest BCUT2D eigenvalue weighted by Gasteiger charge is 2.30. The van der Waals surface area contributed by atoms with Crippen LogP contribution in [0.4, 0.5) is 4.79 Å². The van der Waals surface area contributed by atoms with Gasteiger partial charge in [-0.25, -0.2) is 4.79 Å². The maximum atomic E-state index is 12.5. The van der Waals surface area contributed by atoms with E-state index >= 15 is 0 Å². The molecule has 2 aliphatic heterocycles. The Morgan fingerprint density at radius 2 is 1.89 bits per heavy atom. The zero-order chi connectivity index (χ0) is 13.7. The molecule has 0 bridgehead atoms. The van der Waals surface area contributed by atoms with Crippen LogP contribution in [0.5, 0.6) is 0 Å². The zero-order valence-electron chi connectivity index (χ0n) is 12.5. The van der Waals surface area contributed by atoms with Gasteiger partial charge in [0.1, 0.15) is 0 Å². The first-order valence-electron chi connectivity index (χ1n) is 7.99. The number of urea groups is 1. The Balaban J connectivity index is 1.81. The van der Waals surface area contributed by atoms with Gasteiger partial charge >= 0.3 is 6.03 Å². The highest BCUT2D eigenvalue weighted by atomic mass is 16.2. The molecule has 0 spiro atoms. The van der Waals surface area contributed by atoms with Gasteiger partial charge in [0.2, 0.25) is 0 Å². The summed E-state index contributed by atoms with van der Waals surface area (Å²) in [5.74, 6) is 0.564. The summed E-state index contributed by atoms with van der Waals surface area (Å²) in [5.41, 5.74) is 0. The minimum atomic E-state index is 0.278. The Bertz CT molecular complexity index is 289. The van der Waals surface area contributed by atoms with E-state index in [4.69, 9.17) is 0 Å². The van der Waals surface area contributed by atoms with Crippen molar-refractivity contribution in [3.05, 3.63) is 0 Å². The fraction of sp³-hybridized carbons (Fsp3) is 0.933. The molecule has 0 aliphatic carbocycles. The quantitative estimate of drug-likeness (QED) is 0.851. The van der Waals surface area contributed by atoms with Crippen molar-refractivity contribution in [1.29, 1.82) is 0 Å². The number of piperidine rings is 2. The predicted molar refractivity (Wildman–Crippen MR) is 78.3 cm³/mol. The highest BCUT2D eigenvalue weighted by molar-refractivity contribution is 5.74. The summed E-state index contributed by atoms with van der Waals surface area (Å²) in [7, 11) is 0. The maximum absolute atomic E-state index is 12.5. The lowest BCUT2D eigenvalue weighted by atomic mass is 9.94. The number of nitrogens with zero attached hydrogens (tertiary/aromatic N) is 2. The summed E-state index contributed by atoms with van der Waals surface area (Å²) < 4.78 is 0. The van der Waals surface area contributed by atoms with Crippen LogP contribution in [-0.2, 0) is 0 Å². The Morgan fingerprint density at radius 1 is 1.16 bits per heavy atom. The first kappa shape index (κ1) is 14.6. The van der Waals surface area contributed by atoms with E-state index in [1.54, 1.807) is 0 Å². The van der Waals surface area contributed by atoms with Gasteiger partial charge in [0.05, 0.1) is 0 Å². The molecule has 2 saturated heterocycles. The van der Waals surface area contributed by atoms with Crippen molar-refractivity contribution in [1.82, 2.24) is 15.1 Å². The third kappa shape index (κ3) is 3.85.